The fraction of sp³-hybridized carbons (Fsp3) is 0.286. The molecule has 5 rings (SSSR count). The van der Waals surface area contributed by atoms with Crippen molar-refractivity contribution < 1.29 is 28.6 Å². The van der Waals surface area contributed by atoms with Crippen LogP contribution in [0.5, 0.6) is 11.5 Å². The lowest BCUT2D eigenvalue weighted by Crippen LogP contribution is -2.23. The summed E-state index contributed by atoms with van der Waals surface area (Å²) in [7, 11) is 3.00. The molecule has 4 aromatic rings. The molecule has 1 heterocycles. The minimum absolute atomic E-state index is 0.225. The van der Waals surface area contributed by atoms with Crippen LogP contribution in [0.4, 0.5) is 10.7 Å². The smallest absolute Gasteiger partial charge is 0.341 e. The van der Waals surface area contributed by atoms with E-state index in [9.17, 15) is 14.4 Å². The number of amides is 2. The average molecular weight is 645 g/mol. The van der Waals surface area contributed by atoms with Crippen LogP contribution in [0.1, 0.15) is 62.9 Å². The second-order valence-electron chi connectivity index (χ2n) is 10.5. The lowest BCUT2D eigenvalue weighted by atomic mass is 9.83. The summed E-state index contributed by atoms with van der Waals surface area (Å²) in [5.74, 6) is 0.157. The second kappa shape index (κ2) is 14.7. The van der Waals surface area contributed by atoms with Crippen LogP contribution in [0.15, 0.2) is 77.7 Å². The van der Waals surface area contributed by atoms with Crippen LogP contribution in [0, 0.1) is 0 Å². The van der Waals surface area contributed by atoms with Crippen molar-refractivity contribution in [1.29, 1.82) is 0 Å². The summed E-state index contributed by atoms with van der Waals surface area (Å²) in [5, 5.41) is 5.99. The highest BCUT2D eigenvalue weighted by atomic mass is 32.2. The van der Waals surface area contributed by atoms with Gasteiger partial charge in [0.1, 0.15) is 22.1 Å². The molecular formula is C35H36N2O6S2. The van der Waals surface area contributed by atoms with Crippen LogP contribution in [-0.4, -0.2) is 43.9 Å². The first-order valence-corrected chi connectivity index (χ1v) is 16.5. The molecule has 0 fully saturated rings. The average Bonchev–Trinajstić information content (AvgIpc) is 3.41. The van der Waals surface area contributed by atoms with E-state index in [-0.39, 0.29) is 18.4 Å². The highest BCUT2D eigenvalue weighted by Gasteiger charge is 2.31. The Morgan fingerprint density at radius 3 is 2.33 bits per heavy atom. The number of thioether (sulfide) groups is 1. The molecule has 2 amide bonds. The minimum atomic E-state index is -0.489. The minimum Gasteiger partial charge on any atom is -0.496 e. The highest BCUT2D eigenvalue weighted by molar-refractivity contribution is 8.00. The van der Waals surface area contributed by atoms with Crippen molar-refractivity contribution in [1.82, 2.24) is 0 Å². The van der Waals surface area contributed by atoms with Gasteiger partial charge in [-0.3, -0.25) is 9.59 Å². The van der Waals surface area contributed by atoms with Crippen LogP contribution >= 0.6 is 23.1 Å². The molecule has 0 saturated carbocycles. The first kappa shape index (κ1) is 32.1. The third-order valence-electron chi connectivity index (χ3n) is 7.68. The third-order valence-corrected chi connectivity index (χ3v) is 9.94. The Hall–Kier alpha value is -4.28. The van der Waals surface area contributed by atoms with Crippen molar-refractivity contribution in [2.24, 2.45) is 0 Å². The van der Waals surface area contributed by atoms with Crippen LogP contribution in [0.3, 0.4) is 0 Å². The summed E-state index contributed by atoms with van der Waals surface area (Å²) in [5.41, 5.74) is 3.60. The van der Waals surface area contributed by atoms with Crippen molar-refractivity contribution >= 4 is 51.6 Å². The summed E-state index contributed by atoms with van der Waals surface area (Å²) in [4.78, 5) is 41.6. The van der Waals surface area contributed by atoms with Gasteiger partial charge in [-0.2, -0.15) is 0 Å². The second-order valence-corrected chi connectivity index (χ2v) is 13.1. The zero-order valence-corrected chi connectivity index (χ0v) is 27.3. The molecule has 2 N–H and O–H groups in total. The van der Waals surface area contributed by atoms with Crippen molar-refractivity contribution in [3.8, 4) is 11.5 Å². The van der Waals surface area contributed by atoms with E-state index in [4.69, 9.17) is 14.2 Å². The van der Waals surface area contributed by atoms with Crippen molar-refractivity contribution in [3.05, 3.63) is 99.9 Å². The van der Waals surface area contributed by atoms with Gasteiger partial charge in [0, 0.05) is 15.5 Å². The molecule has 3 aromatic carbocycles. The molecule has 234 valence electrons. The summed E-state index contributed by atoms with van der Waals surface area (Å²) in [6.45, 7) is 3.85. The van der Waals surface area contributed by atoms with E-state index in [0.29, 0.717) is 39.2 Å². The van der Waals surface area contributed by atoms with E-state index < -0.39 is 11.2 Å². The molecule has 0 aliphatic heterocycles. The Morgan fingerprint density at radius 1 is 0.933 bits per heavy atom. The predicted octanol–water partition coefficient (Wildman–Crippen LogP) is 7.59. The fourth-order valence-corrected chi connectivity index (χ4v) is 7.73. The van der Waals surface area contributed by atoms with Gasteiger partial charge >= 0.3 is 5.97 Å². The maximum atomic E-state index is 13.5. The van der Waals surface area contributed by atoms with E-state index in [1.165, 1.54) is 42.9 Å². The Kier molecular flexibility index (Phi) is 10.5. The molecule has 45 heavy (non-hydrogen) atoms. The number of ether oxygens (including phenoxy) is 3. The number of carbonyl (C=O) groups excluding carboxylic acids is 3. The lowest BCUT2D eigenvalue weighted by molar-refractivity contribution is -0.115. The number of benzene rings is 3. The standard InChI is InChI=1S/C35H36N2O6S2/c1-5-43-35(40)30-26-18-17-23(22-11-7-6-8-12-22)19-29(26)45-34(30)37-32(38)21(2)44-25-14-9-13-24(20-25)36-33(39)31-27(41-3)15-10-16-28(31)42-4/h6-16,20-21,23H,5,17-19H2,1-4H3,(H,36,39)(H,37,38). The highest BCUT2D eigenvalue weighted by Crippen LogP contribution is 2.43. The molecule has 0 saturated heterocycles. The normalized spacial score (nSPS) is 14.5. The molecule has 10 heteroatoms. The lowest BCUT2D eigenvalue weighted by Gasteiger charge is -2.23. The molecular weight excluding hydrogens is 609 g/mol. The number of esters is 1. The number of methoxy groups -OCH3 is 2. The van der Waals surface area contributed by atoms with E-state index in [0.717, 1.165) is 34.6 Å². The molecule has 0 spiro atoms. The molecule has 1 aromatic heterocycles. The maximum absolute atomic E-state index is 13.5. The number of thiophene rings is 1. The Bertz CT molecular complexity index is 1660. The first-order valence-electron chi connectivity index (χ1n) is 14.8. The topological polar surface area (TPSA) is 103 Å². The molecule has 1 aliphatic rings. The zero-order chi connectivity index (χ0) is 31.9. The number of rotatable bonds is 11. The Balaban J connectivity index is 1.30. The van der Waals surface area contributed by atoms with Gasteiger partial charge < -0.3 is 24.8 Å². The summed E-state index contributed by atoms with van der Waals surface area (Å²) in [6, 6.07) is 22.8. The van der Waals surface area contributed by atoms with Gasteiger partial charge in [-0.15, -0.1) is 23.1 Å². The van der Waals surface area contributed by atoms with E-state index in [1.807, 2.05) is 31.2 Å². The third kappa shape index (κ3) is 7.34. The van der Waals surface area contributed by atoms with Gasteiger partial charge in [0.15, 0.2) is 0 Å². The molecule has 8 nitrogen and oxygen atoms in total. The monoisotopic (exact) mass is 644 g/mol. The van der Waals surface area contributed by atoms with Crippen LogP contribution in [0.25, 0.3) is 0 Å². The molecule has 2 unspecified atom stereocenters. The van der Waals surface area contributed by atoms with Crippen molar-refractivity contribution in [2.75, 3.05) is 31.5 Å². The SMILES string of the molecule is CCOC(=O)c1c(NC(=O)C(C)Sc2cccc(NC(=O)c3c(OC)cccc3OC)c2)sc2c1CCC(c1ccccc1)C2. The number of hydrogen-bond donors (Lipinski definition) is 2. The maximum Gasteiger partial charge on any atom is 0.341 e. The van der Waals surface area contributed by atoms with Gasteiger partial charge in [-0.05, 0) is 80.5 Å². The molecule has 0 radical (unpaired) electrons. The van der Waals surface area contributed by atoms with E-state index in [2.05, 4.69) is 34.9 Å². The molecule has 2 atom stereocenters. The number of fused-ring (bicyclic) bond motifs is 1. The van der Waals surface area contributed by atoms with E-state index >= 15 is 0 Å². The van der Waals surface area contributed by atoms with Gasteiger partial charge in [0.2, 0.25) is 5.91 Å². The zero-order valence-electron chi connectivity index (χ0n) is 25.7. The summed E-state index contributed by atoms with van der Waals surface area (Å²) < 4.78 is 16.1. The van der Waals surface area contributed by atoms with Gasteiger partial charge in [0.25, 0.3) is 5.91 Å². The number of nitrogens with one attached hydrogen (secondary N) is 2. The number of carbonyl (C=O) groups is 3. The Labute approximate surface area is 271 Å². The number of hydrogen-bond acceptors (Lipinski definition) is 8. The fourth-order valence-electron chi connectivity index (χ4n) is 5.49. The predicted molar refractivity (Wildman–Crippen MR) is 179 cm³/mol. The van der Waals surface area contributed by atoms with Gasteiger partial charge in [-0.25, -0.2) is 4.79 Å². The van der Waals surface area contributed by atoms with Gasteiger partial charge in [-0.1, -0.05) is 42.5 Å². The number of anilines is 2. The molecule has 1 aliphatic carbocycles. The Morgan fingerprint density at radius 2 is 1.64 bits per heavy atom. The van der Waals surface area contributed by atoms with E-state index in [1.54, 1.807) is 31.2 Å². The summed E-state index contributed by atoms with van der Waals surface area (Å²) >= 11 is 2.83. The van der Waals surface area contributed by atoms with Crippen LogP contribution < -0.4 is 20.1 Å². The first-order chi connectivity index (χ1) is 21.8. The van der Waals surface area contributed by atoms with Crippen LogP contribution in [-0.2, 0) is 22.4 Å². The van der Waals surface area contributed by atoms with Crippen molar-refractivity contribution in [3.63, 3.8) is 0 Å². The largest absolute Gasteiger partial charge is 0.496 e. The van der Waals surface area contributed by atoms with Crippen molar-refractivity contribution in [2.45, 2.75) is 49.2 Å². The summed E-state index contributed by atoms with van der Waals surface area (Å²) in [6.07, 6.45) is 2.49. The quantitative estimate of drug-likeness (QED) is 0.128. The molecule has 0 bridgehead atoms. The van der Waals surface area contributed by atoms with Gasteiger partial charge in [0.05, 0.1) is 31.6 Å². The van der Waals surface area contributed by atoms with Crippen LogP contribution in [0.2, 0.25) is 0 Å².